The molecule has 0 aromatic carbocycles. The first-order valence-corrected chi connectivity index (χ1v) is 3.65. The predicted octanol–water partition coefficient (Wildman–Crippen LogP) is 0.0222. The number of imide groups is 1. The number of carboxylic acid groups (broad SMARTS) is 1. The SMILES string of the molecule is C=CC(=O)N(CCC(=O)O)C(C)=O. The van der Waals surface area contributed by atoms with E-state index in [0.29, 0.717) is 0 Å². The van der Waals surface area contributed by atoms with Gasteiger partial charge in [0.25, 0.3) is 5.91 Å². The van der Waals surface area contributed by atoms with Crippen LogP contribution in [0.1, 0.15) is 13.3 Å². The number of carboxylic acids is 1. The van der Waals surface area contributed by atoms with E-state index in [0.717, 1.165) is 11.0 Å². The summed E-state index contributed by atoms with van der Waals surface area (Å²) in [6.45, 7) is 4.28. The van der Waals surface area contributed by atoms with Crippen LogP contribution in [0.2, 0.25) is 0 Å². The van der Waals surface area contributed by atoms with E-state index in [-0.39, 0.29) is 13.0 Å². The first kappa shape index (κ1) is 11.4. The zero-order chi connectivity index (χ0) is 10.4. The Labute approximate surface area is 75.6 Å². The van der Waals surface area contributed by atoms with Crippen molar-refractivity contribution in [1.82, 2.24) is 4.90 Å². The fourth-order valence-electron chi connectivity index (χ4n) is 0.740. The minimum absolute atomic E-state index is 0.116. The zero-order valence-corrected chi connectivity index (χ0v) is 7.32. The zero-order valence-electron chi connectivity index (χ0n) is 7.32. The van der Waals surface area contributed by atoms with Gasteiger partial charge < -0.3 is 5.11 Å². The van der Waals surface area contributed by atoms with Gasteiger partial charge in [0.05, 0.1) is 6.42 Å². The maximum atomic E-state index is 11.0. The number of carbonyl (C=O) groups is 3. The van der Waals surface area contributed by atoms with Crippen LogP contribution in [0.3, 0.4) is 0 Å². The van der Waals surface area contributed by atoms with Crippen molar-refractivity contribution in [3.8, 4) is 0 Å². The van der Waals surface area contributed by atoms with Gasteiger partial charge in [0.2, 0.25) is 5.91 Å². The van der Waals surface area contributed by atoms with Crippen molar-refractivity contribution in [3.63, 3.8) is 0 Å². The molecule has 0 aliphatic carbocycles. The van der Waals surface area contributed by atoms with Gasteiger partial charge in [-0.3, -0.25) is 19.3 Å². The molecule has 0 aromatic heterocycles. The number of aliphatic carboxylic acids is 1. The fraction of sp³-hybridized carbons (Fsp3) is 0.375. The highest BCUT2D eigenvalue weighted by atomic mass is 16.4. The third-order valence-corrected chi connectivity index (χ3v) is 1.37. The monoisotopic (exact) mass is 185 g/mol. The highest BCUT2D eigenvalue weighted by molar-refractivity contribution is 6.00. The van der Waals surface area contributed by atoms with Gasteiger partial charge in [-0.1, -0.05) is 6.58 Å². The van der Waals surface area contributed by atoms with E-state index in [1.165, 1.54) is 6.92 Å². The molecule has 5 nitrogen and oxygen atoms in total. The van der Waals surface area contributed by atoms with Crippen molar-refractivity contribution in [2.45, 2.75) is 13.3 Å². The summed E-state index contributed by atoms with van der Waals surface area (Å²) in [5.41, 5.74) is 0. The number of amides is 2. The largest absolute Gasteiger partial charge is 0.481 e. The summed E-state index contributed by atoms with van der Waals surface area (Å²) in [6.07, 6.45) is 0.725. The normalized spacial score (nSPS) is 9.00. The molecule has 0 bridgehead atoms. The Morgan fingerprint density at radius 3 is 2.31 bits per heavy atom. The molecule has 0 saturated heterocycles. The number of rotatable bonds is 4. The summed E-state index contributed by atoms with van der Waals surface area (Å²) in [5, 5.41) is 8.32. The lowest BCUT2D eigenvalue weighted by atomic mass is 10.3. The van der Waals surface area contributed by atoms with Crippen molar-refractivity contribution in [1.29, 1.82) is 0 Å². The van der Waals surface area contributed by atoms with Crippen LogP contribution in [0.25, 0.3) is 0 Å². The van der Waals surface area contributed by atoms with Crippen molar-refractivity contribution in [3.05, 3.63) is 12.7 Å². The smallest absolute Gasteiger partial charge is 0.305 e. The molecule has 0 aliphatic rings. The third-order valence-electron chi connectivity index (χ3n) is 1.37. The molecule has 0 unspecified atom stereocenters. The summed E-state index contributed by atoms with van der Waals surface area (Å²) in [5.74, 6) is -2.11. The van der Waals surface area contributed by atoms with Gasteiger partial charge in [-0.25, -0.2) is 0 Å². The molecule has 0 spiro atoms. The van der Waals surface area contributed by atoms with Crippen LogP contribution < -0.4 is 0 Å². The first-order valence-electron chi connectivity index (χ1n) is 3.65. The molecule has 72 valence electrons. The number of hydrogen-bond donors (Lipinski definition) is 1. The van der Waals surface area contributed by atoms with Crippen LogP contribution in [0.4, 0.5) is 0 Å². The quantitative estimate of drug-likeness (QED) is 0.626. The maximum absolute atomic E-state index is 11.0. The van der Waals surface area contributed by atoms with E-state index in [1.807, 2.05) is 0 Å². The van der Waals surface area contributed by atoms with E-state index in [4.69, 9.17) is 5.11 Å². The average molecular weight is 185 g/mol. The molecule has 13 heavy (non-hydrogen) atoms. The lowest BCUT2D eigenvalue weighted by Crippen LogP contribution is -2.35. The second kappa shape index (κ2) is 5.08. The lowest BCUT2D eigenvalue weighted by Gasteiger charge is -2.15. The van der Waals surface area contributed by atoms with Gasteiger partial charge in [0.1, 0.15) is 0 Å². The van der Waals surface area contributed by atoms with Gasteiger partial charge in [-0.05, 0) is 6.08 Å². The second-order valence-electron chi connectivity index (χ2n) is 2.36. The van der Waals surface area contributed by atoms with E-state index in [1.54, 1.807) is 0 Å². The molecule has 0 atom stereocenters. The molecule has 0 heterocycles. The molecular weight excluding hydrogens is 174 g/mol. The maximum Gasteiger partial charge on any atom is 0.305 e. The first-order chi connectivity index (χ1) is 5.99. The third kappa shape index (κ3) is 4.05. The highest BCUT2D eigenvalue weighted by Gasteiger charge is 2.15. The van der Waals surface area contributed by atoms with Crippen molar-refractivity contribution in [2.75, 3.05) is 6.54 Å². The Morgan fingerprint density at radius 1 is 1.46 bits per heavy atom. The van der Waals surface area contributed by atoms with Crippen LogP contribution in [0.5, 0.6) is 0 Å². The Balaban J connectivity index is 4.26. The minimum Gasteiger partial charge on any atom is -0.481 e. The molecule has 0 rings (SSSR count). The molecule has 0 aliphatic heterocycles. The van der Waals surface area contributed by atoms with Crippen molar-refractivity contribution < 1.29 is 19.5 Å². The molecule has 0 radical (unpaired) electrons. The molecule has 0 fully saturated rings. The second-order valence-corrected chi connectivity index (χ2v) is 2.36. The predicted molar refractivity (Wildman–Crippen MR) is 44.8 cm³/mol. The molecule has 2 amide bonds. The van der Waals surface area contributed by atoms with Gasteiger partial charge >= 0.3 is 5.97 Å². The van der Waals surface area contributed by atoms with Crippen molar-refractivity contribution in [2.24, 2.45) is 0 Å². The van der Waals surface area contributed by atoms with E-state index >= 15 is 0 Å². The Kier molecular flexibility index (Phi) is 4.43. The van der Waals surface area contributed by atoms with Gasteiger partial charge in [0, 0.05) is 13.5 Å². The summed E-state index contributed by atoms with van der Waals surface area (Å²) < 4.78 is 0. The summed E-state index contributed by atoms with van der Waals surface area (Å²) >= 11 is 0. The topological polar surface area (TPSA) is 74.7 Å². The summed E-state index contributed by atoms with van der Waals surface area (Å²) in [4.78, 5) is 32.8. The Bertz CT molecular complexity index is 247. The fourth-order valence-corrected chi connectivity index (χ4v) is 0.740. The number of nitrogens with zero attached hydrogens (tertiary/aromatic N) is 1. The van der Waals surface area contributed by atoms with Crippen molar-refractivity contribution >= 4 is 17.8 Å². The standard InChI is InChI=1S/C8H11NO4/c1-3-7(11)9(6(2)10)5-4-8(12)13/h3H,1,4-5H2,2H3,(H,12,13). The van der Waals surface area contributed by atoms with Crippen LogP contribution in [-0.2, 0) is 14.4 Å². The van der Waals surface area contributed by atoms with Gasteiger partial charge in [-0.15, -0.1) is 0 Å². The summed E-state index contributed by atoms with van der Waals surface area (Å²) in [7, 11) is 0. The van der Waals surface area contributed by atoms with Crippen LogP contribution >= 0.6 is 0 Å². The van der Waals surface area contributed by atoms with Crippen LogP contribution in [-0.4, -0.2) is 34.3 Å². The molecule has 1 N–H and O–H groups in total. The van der Waals surface area contributed by atoms with Gasteiger partial charge in [-0.2, -0.15) is 0 Å². The van der Waals surface area contributed by atoms with E-state index < -0.39 is 17.8 Å². The Hall–Kier alpha value is -1.65. The van der Waals surface area contributed by atoms with E-state index in [2.05, 4.69) is 6.58 Å². The Morgan fingerprint density at radius 2 is 2.00 bits per heavy atom. The molecule has 0 aromatic rings. The minimum atomic E-state index is -1.05. The molecule has 5 heteroatoms. The van der Waals surface area contributed by atoms with E-state index in [9.17, 15) is 14.4 Å². The molecule has 0 saturated carbocycles. The highest BCUT2D eigenvalue weighted by Crippen LogP contribution is 1.95. The lowest BCUT2D eigenvalue weighted by molar-refractivity contribution is -0.142. The number of hydrogen-bond acceptors (Lipinski definition) is 3. The van der Waals surface area contributed by atoms with Gasteiger partial charge in [0.15, 0.2) is 0 Å². The summed E-state index contributed by atoms with van der Waals surface area (Å²) in [6, 6.07) is 0. The van der Waals surface area contributed by atoms with Crippen LogP contribution in [0.15, 0.2) is 12.7 Å². The number of carbonyl (C=O) groups excluding carboxylic acids is 2. The van der Waals surface area contributed by atoms with Crippen LogP contribution in [0, 0.1) is 0 Å². The average Bonchev–Trinajstić information content (AvgIpc) is 2.03. The molecular formula is C8H11NO4.